The number of ketones is 1. The third-order valence-electron chi connectivity index (χ3n) is 3.10. The summed E-state index contributed by atoms with van der Waals surface area (Å²) >= 11 is 1.58. The Labute approximate surface area is 113 Å². The summed E-state index contributed by atoms with van der Waals surface area (Å²) in [6.45, 7) is 0.318. The summed E-state index contributed by atoms with van der Waals surface area (Å²) in [7, 11) is 0. The first-order valence-corrected chi connectivity index (χ1v) is 6.73. The van der Waals surface area contributed by atoms with Crippen LogP contribution >= 0.6 is 11.3 Å². The molecule has 0 saturated heterocycles. The maximum Gasteiger partial charge on any atom is 0.299 e. The molecule has 0 bridgehead atoms. The highest BCUT2D eigenvalue weighted by Crippen LogP contribution is 2.31. The summed E-state index contributed by atoms with van der Waals surface area (Å²) in [6, 6.07) is 8.08. The highest BCUT2D eigenvalue weighted by molar-refractivity contribution is 7.09. The summed E-state index contributed by atoms with van der Waals surface area (Å²) in [5.74, 6) is -1.79. The number of amides is 1. The lowest BCUT2D eigenvalue weighted by atomic mass is 10.1. The van der Waals surface area contributed by atoms with Crippen LogP contribution in [0.5, 0.6) is 0 Å². The van der Waals surface area contributed by atoms with Crippen molar-refractivity contribution in [1.82, 2.24) is 0 Å². The van der Waals surface area contributed by atoms with Gasteiger partial charge in [-0.2, -0.15) is 0 Å². The summed E-state index contributed by atoms with van der Waals surface area (Å²) in [5.41, 5.74) is 0.283. The first-order chi connectivity index (χ1) is 9.18. The van der Waals surface area contributed by atoms with E-state index in [0.29, 0.717) is 13.0 Å². The van der Waals surface area contributed by atoms with Crippen molar-refractivity contribution in [3.8, 4) is 0 Å². The summed E-state index contributed by atoms with van der Waals surface area (Å²) in [6.07, 6.45) is 0.616. The van der Waals surface area contributed by atoms with E-state index in [1.165, 1.54) is 23.1 Å². The predicted octanol–water partition coefficient (Wildman–Crippen LogP) is 2.66. The molecule has 2 heterocycles. The van der Waals surface area contributed by atoms with Gasteiger partial charge in [0.2, 0.25) is 0 Å². The van der Waals surface area contributed by atoms with Gasteiger partial charge in [-0.1, -0.05) is 12.1 Å². The smallest absolute Gasteiger partial charge is 0.299 e. The lowest BCUT2D eigenvalue weighted by Gasteiger charge is -2.16. The third kappa shape index (κ3) is 1.96. The van der Waals surface area contributed by atoms with Crippen LogP contribution in [-0.2, 0) is 11.2 Å². The number of para-hydroxylation sites is 1. The molecule has 0 spiro atoms. The predicted molar refractivity (Wildman–Crippen MR) is 71.1 cm³/mol. The molecule has 3 rings (SSSR count). The van der Waals surface area contributed by atoms with Crippen molar-refractivity contribution >= 4 is 28.7 Å². The Balaban J connectivity index is 1.90. The van der Waals surface area contributed by atoms with E-state index >= 15 is 0 Å². The fourth-order valence-corrected chi connectivity index (χ4v) is 2.90. The number of anilines is 1. The van der Waals surface area contributed by atoms with Gasteiger partial charge in [0.05, 0.1) is 11.3 Å². The number of thiophene rings is 1. The number of rotatable bonds is 3. The molecule has 3 nitrogen and oxygen atoms in total. The van der Waals surface area contributed by atoms with Crippen molar-refractivity contribution in [3.63, 3.8) is 0 Å². The monoisotopic (exact) mass is 275 g/mol. The molecule has 96 valence electrons. The zero-order valence-corrected chi connectivity index (χ0v) is 10.7. The van der Waals surface area contributed by atoms with E-state index in [1.54, 1.807) is 11.3 Å². The van der Waals surface area contributed by atoms with Crippen LogP contribution in [0.3, 0.4) is 0 Å². The lowest BCUT2D eigenvalue weighted by molar-refractivity contribution is -0.114. The highest BCUT2D eigenvalue weighted by atomic mass is 32.1. The molecule has 0 aliphatic carbocycles. The maximum absolute atomic E-state index is 13.8. The number of hydrogen-bond acceptors (Lipinski definition) is 3. The van der Waals surface area contributed by atoms with E-state index in [9.17, 15) is 14.0 Å². The Hall–Kier alpha value is -2.01. The van der Waals surface area contributed by atoms with Crippen molar-refractivity contribution in [2.45, 2.75) is 6.42 Å². The van der Waals surface area contributed by atoms with Gasteiger partial charge in [-0.05, 0) is 30.0 Å². The van der Waals surface area contributed by atoms with Gasteiger partial charge < -0.3 is 4.90 Å². The minimum atomic E-state index is -0.642. The summed E-state index contributed by atoms with van der Waals surface area (Å²) < 4.78 is 13.8. The summed E-state index contributed by atoms with van der Waals surface area (Å²) in [5, 5.41) is 1.95. The van der Waals surface area contributed by atoms with Crippen molar-refractivity contribution in [1.29, 1.82) is 0 Å². The Bertz CT molecular complexity index is 651. The molecule has 1 aromatic heterocycles. The second-order valence-corrected chi connectivity index (χ2v) is 5.28. The molecule has 5 heteroatoms. The molecule has 19 heavy (non-hydrogen) atoms. The van der Waals surface area contributed by atoms with Crippen LogP contribution < -0.4 is 4.90 Å². The van der Waals surface area contributed by atoms with Gasteiger partial charge in [-0.3, -0.25) is 9.59 Å². The second kappa shape index (κ2) is 4.59. The molecular formula is C14H10FNO2S. The second-order valence-electron chi connectivity index (χ2n) is 4.25. The minimum Gasteiger partial charge on any atom is -0.302 e. The number of benzene rings is 1. The Morgan fingerprint density at radius 1 is 1.16 bits per heavy atom. The number of fused-ring (bicyclic) bond motifs is 1. The van der Waals surface area contributed by atoms with E-state index in [0.717, 1.165) is 4.88 Å². The van der Waals surface area contributed by atoms with Crippen LogP contribution in [0.15, 0.2) is 35.7 Å². The molecule has 0 unspecified atom stereocenters. The molecule has 0 N–H and O–H groups in total. The van der Waals surface area contributed by atoms with E-state index < -0.39 is 17.5 Å². The van der Waals surface area contributed by atoms with Crippen molar-refractivity contribution in [2.75, 3.05) is 11.4 Å². The summed E-state index contributed by atoms with van der Waals surface area (Å²) in [4.78, 5) is 26.0. The van der Waals surface area contributed by atoms with Crippen LogP contribution in [0.25, 0.3) is 0 Å². The molecule has 0 saturated carbocycles. The molecule has 1 aromatic carbocycles. The number of nitrogens with zero attached hydrogens (tertiary/aromatic N) is 1. The van der Waals surface area contributed by atoms with Crippen molar-refractivity contribution in [2.24, 2.45) is 0 Å². The van der Waals surface area contributed by atoms with Gasteiger partial charge in [-0.25, -0.2) is 4.39 Å². The van der Waals surface area contributed by atoms with Gasteiger partial charge in [0, 0.05) is 11.4 Å². The van der Waals surface area contributed by atoms with Crippen LogP contribution in [0.2, 0.25) is 0 Å². The maximum atomic E-state index is 13.8. The molecule has 1 aliphatic heterocycles. The Morgan fingerprint density at radius 2 is 2.00 bits per heavy atom. The Kier molecular flexibility index (Phi) is 2.91. The van der Waals surface area contributed by atoms with Crippen LogP contribution in [-0.4, -0.2) is 18.2 Å². The fraction of sp³-hybridized carbons (Fsp3) is 0.143. The van der Waals surface area contributed by atoms with Crippen LogP contribution in [0.1, 0.15) is 15.2 Å². The van der Waals surface area contributed by atoms with Gasteiger partial charge in [0.15, 0.2) is 0 Å². The van der Waals surface area contributed by atoms with Crippen molar-refractivity contribution < 1.29 is 14.0 Å². The van der Waals surface area contributed by atoms with Gasteiger partial charge in [0.25, 0.3) is 11.7 Å². The van der Waals surface area contributed by atoms with Gasteiger partial charge in [-0.15, -0.1) is 11.3 Å². The molecule has 1 amide bonds. The van der Waals surface area contributed by atoms with Crippen molar-refractivity contribution in [3.05, 3.63) is 52.0 Å². The van der Waals surface area contributed by atoms with Crippen LogP contribution in [0.4, 0.5) is 10.1 Å². The molecule has 0 fully saturated rings. The Morgan fingerprint density at radius 3 is 2.74 bits per heavy atom. The SMILES string of the molecule is O=C1C(=O)N(CCc2cccs2)c2c(F)cccc21. The number of carbonyl (C=O) groups excluding carboxylic acids is 2. The standard InChI is InChI=1S/C14H10FNO2S/c15-11-5-1-4-10-12(11)16(14(18)13(10)17)7-6-9-3-2-8-19-9/h1-5,8H,6-7H2. The number of carbonyl (C=O) groups is 2. The number of Topliss-reactive ketones (excluding diaryl/α,β-unsaturated/α-hetero) is 1. The molecule has 0 radical (unpaired) electrons. The number of halogens is 1. The van der Waals surface area contributed by atoms with E-state index in [-0.39, 0.29) is 11.3 Å². The molecule has 1 aliphatic rings. The fourth-order valence-electron chi connectivity index (χ4n) is 2.20. The topological polar surface area (TPSA) is 37.4 Å². The van der Waals surface area contributed by atoms with Gasteiger partial charge >= 0.3 is 0 Å². The van der Waals surface area contributed by atoms with E-state index in [1.807, 2.05) is 17.5 Å². The van der Waals surface area contributed by atoms with E-state index in [2.05, 4.69) is 0 Å². The number of hydrogen-bond donors (Lipinski definition) is 0. The first kappa shape index (κ1) is 12.0. The highest BCUT2D eigenvalue weighted by Gasteiger charge is 2.37. The normalized spacial score (nSPS) is 14.1. The minimum absolute atomic E-state index is 0.119. The molecule has 2 aromatic rings. The van der Waals surface area contributed by atoms with E-state index in [4.69, 9.17) is 0 Å². The van der Waals surface area contributed by atoms with Gasteiger partial charge in [0.1, 0.15) is 5.82 Å². The average molecular weight is 275 g/mol. The molecule has 0 atom stereocenters. The van der Waals surface area contributed by atoms with Crippen LogP contribution in [0, 0.1) is 5.82 Å². The largest absolute Gasteiger partial charge is 0.302 e. The molecular weight excluding hydrogens is 265 g/mol. The zero-order chi connectivity index (χ0) is 13.4. The first-order valence-electron chi connectivity index (χ1n) is 5.85. The zero-order valence-electron chi connectivity index (χ0n) is 9.93. The average Bonchev–Trinajstić information content (AvgIpc) is 2.99. The lowest BCUT2D eigenvalue weighted by Crippen LogP contribution is -2.32. The third-order valence-corrected chi connectivity index (χ3v) is 4.04. The quantitative estimate of drug-likeness (QED) is 0.808.